The van der Waals surface area contributed by atoms with Gasteiger partial charge < -0.3 is 9.64 Å². The van der Waals surface area contributed by atoms with Crippen molar-refractivity contribution in [1.82, 2.24) is 4.90 Å². The second kappa shape index (κ2) is 6.01. The van der Waals surface area contributed by atoms with Crippen molar-refractivity contribution in [3.63, 3.8) is 0 Å². The minimum Gasteiger partial charge on any atom is -0.463 e. The molecular weight excluding hydrogens is 296 g/mol. The molecule has 1 aromatic carbocycles. The second-order valence-corrected chi connectivity index (χ2v) is 6.01. The highest BCUT2D eigenvalue weighted by Gasteiger charge is 2.39. The summed E-state index contributed by atoms with van der Waals surface area (Å²) in [6.45, 7) is 6.09. The summed E-state index contributed by atoms with van der Waals surface area (Å²) < 4.78 is 5.27. The average Bonchev–Trinajstić information content (AvgIpc) is 2.88. The number of carbonyl (C=O) groups is 1. The quantitative estimate of drug-likeness (QED) is 0.795. The van der Waals surface area contributed by atoms with Crippen molar-refractivity contribution in [2.75, 3.05) is 6.61 Å². The first kappa shape index (κ1) is 14.9. The topological polar surface area (TPSA) is 41.9 Å². The van der Waals surface area contributed by atoms with Gasteiger partial charge in [0.1, 0.15) is 0 Å². The van der Waals surface area contributed by atoms with Crippen molar-refractivity contribution in [3.05, 3.63) is 58.3 Å². The van der Waals surface area contributed by atoms with E-state index in [2.05, 4.69) is 15.3 Å². The van der Waals surface area contributed by atoms with Gasteiger partial charge in [0.2, 0.25) is 0 Å². The number of esters is 1. The highest BCUT2D eigenvalue weighted by molar-refractivity contribution is 8.16. The van der Waals surface area contributed by atoms with E-state index in [0.29, 0.717) is 12.2 Å². The Morgan fingerprint density at radius 1 is 1.32 bits per heavy atom. The number of thioether (sulfide) groups is 1. The van der Waals surface area contributed by atoms with E-state index < -0.39 is 0 Å². The second-order valence-electron chi connectivity index (χ2n) is 5.17. The van der Waals surface area contributed by atoms with Crippen LogP contribution in [0.2, 0.25) is 0 Å². The van der Waals surface area contributed by atoms with Crippen LogP contribution in [0.5, 0.6) is 0 Å². The van der Waals surface area contributed by atoms with E-state index in [1.54, 1.807) is 11.8 Å². The number of fused-ring (bicyclic) bond motifs is 1. The number of amidine groups is 1. The van der Waals surface area contributed by atoms with Crippen LogP contribution in [0.15, 0.2) is 57.7 Å². The Bertz CT molecular complexity index is 692. The summed E-state index contributed by atoms with van der Waals surface area (Å²) >= 11 is 1.59. The van der Waals surface area contributed by atoms with Gasteiger partial charge >= 0.3 is 5.97 Å². The molecule has 0 aliphatic carbocycles. The molecule has 0 bridgehead atoms. The van der Waals surface area contributed by atoms with Crippen molar-refractivity contribution in [1.29, 1.82) is 0 Å². The standard InChI is InChI=1S/C17H18N2O2S/c1-4-21-16(20)14-12(3)18-17-19(11(2)10-22-17)15(14)13-8-6-5-7-9-13/h5-10,15H,4H2,1-3H3/t15-/m0/s1. The molecular formula is C17H18N2O2S. The van der Waals surface area contributed by atoms with E-state index in [9.17, 15) is 4.79 Å². The molecule has 2 aliphatic heterocycles. The van der Waals surface area contributed by atoms with E-state index in [1.165, 1.54) is 0 Å². The SMILES string of the molecule is CCOC(=O)C1=C(C)N=C2SC=C(C)N2[C@H]1c1ccccc1. The molecule has 1 aromatic rings. The van der Waals surface area contributed by atoms with E-state index in [-0.39, 0.29) is 12.0 Å². The maximum atomic E-state index is 12.5. The van der Waals surface area contributed by atoms with E-state index in [1.807, 2.05) is 51.1 Å². The monoisotopic (exact) mass is 314 g/mol. The Labute approximate surface area is 134 Å². The molecule has 0 amide bonds. The third kappa shape index (κ3) is 2.46. The zero-order valence-corrected chi connectivity index (χ0v) is 13.7. The van der Waals surface area contributed by atoms with Gasteiger partial charge in [0.05, 0.1) is 23.9 Å². The number of rotatable bonds is 3. The van der Waals surface area contributed by atoms with Crippen molar-refractivity contribution >= 4 is 22.9 Å². The predicted octanol–water partition coefficient (Wildman–Crippen LogP) is 3.84. The van der Waals surface area contributed by atoms with Gasteiger partial charge in [-0.05, 0) is 31.7 Å². The zero-order valence-electron chi connectivity index (χ0n) is 12.9. The van der Waals surface area contributed by atoms with Crippen molar-refractivity contribution in [3.8, 4) is 0 Å². The number of hydrogen-bond acceptors (Lipinski definition) is 5. The highest BCUT2D eigenvalue weighted by atomic mass is 32.2. The summed E-state index contributed by atoms with van der Waals surface area (Å²) in [6, 6.07) is 9.84. The molecule has 5 heteroatoms. The summed E-state index contributed by atoms with van der Waals surface area (Å²) in [7, 11) is 0. The number of aliphatic imine (C=N–C) groups is 1. The van der Waals surface area contributed by atoms with Crippen molar-refractivity contribution in [2.45, 2.75) is 26.8 Å². The molecule has 0 fully saturated rings. The molecule has 1 atom stereocenters. The molecule has 114 valence electrons. The molecule has 0 saturated heterocycles. The van der Waals surface area contributed by atoms with Crippen LogP contribution in [-0.2, 0) is 9.53 Å². The molecule has 0 saturated carbocycles. The summed E-state index contributed by atoms with van der Waals surface area (Å²) in [6.07, 6.45) is 0. The Morgan fingerprint density at radius 2 is 2.05 bits per heavy atom. The molecule has 2 aliphatic rings. The summed E-state index contributed by atoms with van der Waals surface area (Å²) in [5, 5.41) is 2.98. The van der Waals surface area contributed by atoms with E-state index in [4.69, 9.17) is 4.74 Å². The van der Waals surface area contributed by atoms with Crippen LogP contribution in [-0.4, -0.2) is 22.6 Å². The number of benzene rings is 1. The Morgan fingerprint density at radius 3 is 2.73 bits per heavy atom. The van der Waals surface area contributed by atoms with Crippen LogP contribution in [0.1, 0.15) is 32.4 Å². The lowest BCUT2D eigenvalue weighted by atomic mass is 9.94. The molecule has 3 rings (SSSR count). The first-order chi connectivity index (χ1) is 10.6. The fourth-order valence-electron chi connectivity index (χ4n) is 2.75. The lowest BCUT2D eigenvalue weighted by Crippen LogP contribution is -2.36. The zero-order chi connectivity index (χ0) is 15.7. The van der Waals surface area contributed by atoms with Crippen LogP contribution in [0, 0.1) is 0 Å². The van der Waals surface area contributed by atoms with E-state index >= 15 is 0 Å². The third-order valence-corrected chi connectivity index (χ3v) is 4.67. The molecule has 0 spiro atoms. The maximum Gasteiger partial charge on any atom is 0.338 e. The van der Waals surface area contributed by atoms with Crippen LogP contribution in [0.25, 0.3) is 0 Å². The number of hydrogen-bond donors (Lipinski definition) is 0. The van der Waals surface area contributed by atoms with Crippen LogP contribution in [0.4, 0.5) is 0 Å². The molecule has 2 heterocycles. The summed E-state index contributed by atoms with van der Waals surface area (Å²) in [5.74, 6) is -0.290. The van der Waals surface area contributed by atoms with Gasteiger partial charge in [-0.25, -0.2) is 9.79 Å². The van der Waals surface area contributed by atoms with Crippen molar-refractivity contribution < 1.29 is 9.53 Å². The average molecular weight is 314 g/mol. The van der Waals surface area contributed by atoms with E-state index in [0.717, 1.165) is 22.1 Å². The fourth-order valence-corrected chi connectivity index (χ4v) is 3.69. The van der Waals surface area contributed by atoms with Gasteiger partial charge in [-0.1, -0.05) is 42.1 Å². The summed E-state index contributed by atoms with van der Waals surface area (Å²) in [4.78, 5) is 19.2. The molecule has 0 radical (unpaired) electrons. The lowest BCUT2D eigenvalue weighted by molar-refractivity contribution is -0.139. The Kier molecular flexibility index (Phi) is 4.07. The molecule has 0 N–H and O–H groups in total. The Hall–Kier alpha value is -2.01. The predicted molar refractivity (Wildman–Crippen MR) is 89.1 cm³/mol. The highest BCUT2D eigenvalue weighted by Crippen LogP contribution is 2.43. The number of carbonyl (C=O) groups excluding carboxylic acids is 1. The summed E-state index contributed by atoms with van der Waals surface area (Å²) in [5.41, 5.74) is 3.50. The largest absolute Gasteiger partial charge is 0.463 e. The number of nitrogens with zero attached hydrogens (tertiary/aromatic N) is 2. The maximum absolute atomic E-state index is 12.5. The van der Waals surface area contributed by atoms with Crippen LogP contribution in [0.3, 0.4) is 0 Å². The van der Waals surface area contributed by atoms with Gasteiger partial charge in [0.15, 0.2) is 5.17 Å². The van der Waals surface area contributed by atoms with Crippen LogP contribution < -0.4 is 0 Å². The van der Waals surface area contributed by atoms with Gasteiger partial charge in [-0.2, -0.15) is 0 Å². The smallest absolute Gasteiger partial charge is 0.338 e. The minimum atomic E-state index is -0.290. The molecule has 4 nitrogen and oxygen atoms in total. The first-order valence-corrected chi connectivity index (χ1v) is 8.15. The van der Waals surface area contributed by atoms with Crippen molar-refractivity contribution in [2.24, 2.45) is 4.99 Å². The third-order valence-electron chi connectivity index (χ3n) is 3.72. The normalized spacial score (nSPS) is 20.5. The molecule has 22 heavy (non-hydrogen) atoms. The van der Waals surface area contributed by atoms with Gasteiger partial charge in [0, 0.05) is 5.70 Å². The number of ether oxygens (including phenoxy) is 1. The molecule has 0 unspecified atom stereocenters. The van der Waals surface area contributed by atoms with Crippen LogP contribution >= 0.6 is 11.8 Å². The lowest BCUT2D eigenvalue weighted by Gasteiger charge is -2.35. The van der Waals surface area contributed by atoms with Gasteiger partial charge in [-0.15, -0.1) is 0 Å². The minimum absolute atomic E-state index is 0.181. The fraction of sp³-hybridized carbons (Fsp3) is 0.294. The van der Waals surface area contributed by atoms with Gasteiger partial charge in [0.25, 0.3) is 0 Å². The first-order valence-electron chi connectivity index (χ1n) is 7.27. The Balaban J connectivity index is 2.13. The van der Waals surface area contributed by atoms with Gasteiger partial charge in [-0.3, -0.25) is 0 Å². The molecule has 0 aromatic heterocycles. The number of allylic oxidation sites excluding steroid dienone is 2.